The van der Waals surface area contributed by atoms with Gasteiger partial charge in [-0.3, -0.25) is 0 Å². The Balaban J connectivity index is 2.92. The maximum absolute atomic E-state index is 9.21. The van der Waals surface area contributed by atoms with Crippen molar-refractivity contribution in [1.29, 1.82) is 0 Å². The molecule has 0 fully saturated rings. The highest BCUT2D eigenvalue weighted by Gasteiger charge is 2.17. The number of aliphatic hydroxyl groups is 1. The van der Waals surface area contributed by atoms with E-state index in [1.54, 1.807) is 6.07 Å². The Morgan fingerprint density at radius 1 is 1.33 bits per heavy atom. The molecule has 0 aliphatic carbocycles. The lowest BCUT2D eigenvalue weighted by Crippen LogP contribution is -2.42. The van der Waals surface area contributed by atoms with Crippen molar-refractivity contribution in [2.45, 2.75) is 32.9 Å². The summed E-state index contributed by atoms with van der Waals surface area (Å²) in [7, 11) is 0. The molecule has 0 aliphatic heterocycles. The molecule has 3 nitrogen and oxygen atoms in total. The van der Waals surface area contributed by atoms with Crippen LogP contribution >= 0.6 is 23.2 Å². The van der Waals surface area contributed by atoms with Crippen molar-refractivity contribution in [2.75, 3.05) is 13.2 Å². The third kappa shape index (κ3) is 4.32. The van der Waals surface area contributed by atoms with Crippen LogP contribution in [-0.2, 0) is 6.54 Å². The lowest BCUT2D eigenvalue weighted by molar-refractivity contribution is 0.187. The van der Waals surface area contributed by atoms with Crippen LogP contribution in [0.1, 0.15) is 26.3 Å². The van der Waals surface area contributed by atoms with Gasteiger partial charge in [0, 0.05) is 22.7 Å². The molecule has 0 atom stereocenters. The van der Waals surface area contributed by atoms with Crippen LogP contribution in [-0.4, -0.2) is 23.9 Å². The average molecular weight is 292 g/mol. The molecule has 2 N–H and O–H groups in total. The Morgan fingerprint density at radius 3 is 2.56 bits per heavy atom. The molecule has 5 heteroatoms. The van der Waals surface area contributed by atoms with Gasteiger partial charge in [0.15, 0.2) is 0 Å². The number of halogens is 2. The second-order valence-corrected chi connectivity index (χ2v) is 5.55. The smallest absolute Gasteiger partial charge is 0.142 e. The van der Waals surface area contributed by atoms with E-state index in [1.807, 2.05) is 26.8 Å². The second kappa shape index (κ2) is 6.62. The van der Waals surface area contributed by atoms with Crippen LogP contribution in [0.2, 0.25) is 10.0 Å². The lowest BCUT2D eigenvalue weighted by Gasteiger charge is -2.24. The van der Waals surface area contributed by atoms with Gasteiger partial charge < -0.3 is 15.2 Å². The van der Waals surface area contributed by atoms with Gasteiger partial charge >= 0.3 is 0 Å². The summed E-state index contributed by atoms with van der Waals surface area (Å²) in [5, 5.41) is 13.5. The van der Waals surface area contributed by atoms with Crippen molar-refractivity contribution in [2.24, 2.45) is 0 Å². The summed E-state index contributed by atoms with van der Waals surface area (Å²) < 4.78 is 5.53. The molecule has 0 saturated carbocycles. The fourth-order valence-corrected chi connectivity index (χ4v) is 2.03. The number of hydrogen-bond donors (Lipinski definition) is 2. The first-order chi connectivity index (χ1) is 8.39. The van der Waals surface area contributed by atoms with Gasteiger partial charge in [0.2, 0.25) is 0 Å². The van der Waals surface area contributed by atoms with E-state index in [2.05, 4.69) is 5.32 Å². The standard InChI is InChI=1S/C13H19Cl2NO2/c1-4-18-12-9(5-10(14)6-11(12)15)7-16-13(2,3)8-17/h5-6,16-17H,4,7-8H2,1-3H3. The zero-order valence-corrected chi connectivity index (χ0v) is 12.4. The van der Waals surface area contributed by atoms with Crippen LogP contribution in [0.25, 0.3) is 0 Å². The van der Waals surface area contributed by atoms with Crippen molar-refractivity contribution in [3.63, 3.8) is 0 Å². The highest BCUT2D eigenvalue weighted by molar-refractivity contribution is 6.35. The molecule has 0 aromatic heterocycles. The predicted molar refractivity (Wildman–Crippen MR) is 75.6 cm³/mol. The Morgan fingerprint density at radius 2 is 2.00 bits per heavy atom. The summed E-state index contributed by atoms with van der Waals surface area (Å²) in [6.07, 6.45) is 0. The van der Waals surface area contributed by atoms with Gasteiger partial charge in [-0.15, -0.1) is 0 Å². The second-order valence-electron chi connectivity index (χ2n) is 4.70. The Bertz CT molecular complexity index is 408. The largest absolute Gasteiger partial charge is 0.492 e. The summed E-state index contributed by atoms with van der Waals surface area (Å²) in [5.41, 5.74) is 0.522. The molecule has 1 rings (SSSR count). The molecule has 102 valence electrons. The Labute approximate surface area is 118 Å². The first kappa shape index (κ1) is 15.6. The zero-order valence-electron chi connectivity index (χ0n) is 10.9. The van der Waals surface area contributed by atoms with E-state index >= 15 is 0 Å². The summed E-state index contributed by atoms with van der Waals surface area (Å²) >= 11 is 12.1. The van der Waals surface area contributed by atoms with Crippen molar-refractivity contribution in [3.05, 3.63) is 27.7 Å². The molecule has 0 radical (unpaired) electrons. The van der Waals surface area contributed by atoms with Crippen LogP contribution in [0.4, 0.5) is 0 Å². The highest BCUT2D eigenvalue weighted by atomic mass is 35.5. The van der Waals surface area contributed by atoms with Crippen molar-refractivity contribution >= 4 is 23.2 Å². The van der Waals surface area contributed by atoms with E-state index in [0.29, 0.717) is 28.9 Å². The predicted octanol–water partition coefficient (Wildman–Crippen LogP) is 3.25. The molecule has 0 heterocycles. The number of rotatable bonds is 6. The van der Waals surface area contributed by atoms with E-state index in [1.165, 1.54) is 0 Å². The summed E-state index contributed by atoms with van der Waals surface area (Å²) in [5.74, 6) is 0.643. The number of benzene rings is 1. The third-order valence-corrected chi connectivity index (χ3v) is 3.03. The molecule has 1 aromatic rings. The molecule has 1 aromatic carbocycles. The molecule has 18 heavy (non-hydrogen) atoms. The molecule has 0 unspecified atom stereocenters. The maximum Gasteiger partial charge on any atom is 0.142 e. The number of aliphatic hydroxyl groups excluding tert-OH is 1. The average Bonchev–Trinajstić information content (AvgIpc) is 2.30. The van der Waals surface area contributed by atoms with Gasteiger partial charge in [0.25, 0.3) is 0 Å². The third-order valence-electron chi connectivity index (χ3n) is 2.53. The number of hydrogen-bond acceptors (Lipinski definition) is 3. The van der Waals surface area contributed by atoms with Crippen LogP contribution in [0.15, 0.2) is 12.1 Å². The van der Waals surface area contributed by atoms with E-state index in [4.69, 9.17) is 27.9 Å². The normalized spacial score (nSPS) is 11.7. The fraction of sp³-hybridized carbons (Fsp3) is 0.538. The van der Waals surface area contributed by atoms with E-state index in [0.717, 1.165) is 5.56 Å². The van der Waals surface area contributed by atoms with Gasteiger partial charge in [-0.1, -0.05) is 23.2 Å². The fourth-order valence-electron chi connectivity index (χ4n) is 1.44. The van der Waals surface area contributed by atoms with Gasteiger partial charge in [0.1, 0.15) is 5.75 Å². The number of nitrogens with one attached hydrogen (secondary N) is 1. The van der Waals surface area contributed by atoms with Crippen molar-refractivity contribution < 1.29 is 9.84 Å². The first-order valence-electron chi connectivity index (χ1n) is 5.86. The first-order valence-corrected chi connectivity index (χ1v) is 6.62. The van der Waals surface area contributed by atoms with E-state index in [9.17, 15) is 5.11 Å². The van der Waals surface area contributed by atoms with Crippen LogP contribution in [0.3, 0.4) is 0 Å². The van der Waals surface area contributed by atoms with Crippen molar-refractivity contribution in [1.82, 2.24) is 5.32 Å². The van der Waals surface area contributed by atoms with Gasteiger partial charge in [0.05, 0.1) is 18.2 Å². The lowest BCUT2D eigenvalue weighted by atomic mass is 10.1. The monoisotopic (exact) mass is 291 g/mol. The Kier molecular flexibility index (Phi) is 5.73. The number of ether oxygens (including phenoxy) is 1. The minimum absolute atomic E-state index is 0.0469. The Hall–Kier alpha value is -0.480. The molecular weight excluding hydrogens is 273 g/mol. The van der Waals surface area contributed by atoms with Gasteiger partial charge in [-0.2, -0.15) is 0 Å². The minimum atomic E-state index is -0.363. The van der Waals surface area contributed by atoms with Crippen molar-refractivity contribution in [3.8, 4) is 5.75 Å². The van der Waals surface area contributed by atoms with E-state index < -0.39 is 0 Å². The minimum Gasteiger partial charge on any atom is -0.492 e. The highest BCUT2D eigenvalue weighted by Crippen LogP contribution is 2.32. The molecule has 0 spiro atoms. The van der Waals surface area contributed by atoms with E-state index in [-0.39, 0.29) is 12.1 Å². The van der Waals surface area contributed by atoms with Gasteiger partial charge in [-0.05, 0) is 32.9 Å². The molecule has 0 bridgehead atoms. The summed E-state index contributed by atoms with van der Waals surface area (Å²) in [6.45, 7) is 6.85. The van der Waals surface area contributed by atoms with Crippen LogP contribution in [0.5, 0.6) is 5.75 Å². The SMILES string of the molecule is CCOc1c(Cl)cc(Cl)cc1CNC(C)(C)CO. The molecule has 0 amide bonds. The molecular formula is C13H19Cl2NO2. The van der Waals surface area contributed by atoms with Gasteiger partial charge in [-0.25, -0.2) is 0 Å². The quantitative estimate of drug-likeness (QED) is 0.845. The molecule has 0 aliphatic rings. The zero-order chi connectivity index (χ0) is 13.8. The summed E-state index contributed by atoms with van der Waals surface area (Å²) in [6, 6.07) is 3.48. The molecule has 0 saturated heterocycles. The topological polar surface area (TPSA) is 41.5 Å². The van der Waals surface area contributed by atoms with Crippen LogP contribution in [0, 0.1) is 0 Å². The summed E-state index contributed by atoms with van der Waals surface area (Å²) in [4.78, 5) is 0. The van der Waals surface area contributed by atoms with Crippen LogP contribution < -0.4 is 10.1 Å². The maximum atomic E-state index is 9.21.